The molecule has 0 aliphatic heterocycles. The number of nitrogens with one attached hydrogen (secondary N) is 1. The van der Waals surface area contributed by atoms with Crippen LogP contribution in [0.25, 0.3) is 0 Å². The number of rotatable bonds is 3. The molecule has 0 saturated carbocycles. The van der Waals surface area contributed by atoms with E-state index in [9.17, 15) is 10.1 Å². The summed E-state index contributed by atoms with van der Waals surface area (Å²) in [4.78, 5) is 10.4. The number of hydrogen-bond donors (Lipinski definition) is 1. The van der Waals surface area contributed by atoms with E-state index >= 15 is 0 Å². The van der Waals surface area contributed by atoms with Crippen LogP contribution in [0.1, 0.15) is 30.2 Å². The Morgan fingerprint density at radius 2 is 2.25 bits per heavy atom. The van der Waals surface area contributed by atoms with Gasteiger partial charge in [0, 0.05) is 24.1 Å². The van der Waals surface area contributed by atoms with E-state index in [0.717, 1.165) is 30.6 Å². The minimum atomic E-state index is -0.425. The number of fused-ring (bicyclic) bond motifs is 1. The molecule has 5 nitrogen and oxygen atoms in total. The van der Waals surface area contributed by atoms with E-state index in [1.54, 1.807) is 12.3 Å². The number of non-ortho nitro benzene ring substituents is 1. The average molecular weight is 293 g/mol. The van der Waals surface area contributed by atoms with Crippen LogP contribution in [0.15, 0.2) is 34.9 Å². The Morgan fingerprint density at radius 1 is 1.40 bits per heavy atom. The fourth-order valence-electron chi connectivity index (χ4n) is 2.56. The predicted octanol–water partition coefficient (Wildman–Crippen LogP) is 4.33. The zero-order valence-corrected chi connectivity index (χ0v) is 11.4. The normalized spacial score (nSPS) is 17.6. The van der Waals surface area contributed by atoms with E-state index in [0.29, 0.717) is 10.7 Å². The monoisotopic (exact) mass is 292 g/mol. The van der Waals surface area contributed by atoms with Crippen molar-refractivity contribution in [2.45, 2.75) is 25.3 Å². The number of nitro benzene ring substituents is 1. The summed E-state index contributed by atoms with van der Waals surface area (Å²) < 4.78 is 5.43. The van der Waals surface area contributed by atoms with Gasteiger partial charge in [-0.05, 0) is 25.0 Å². The molecule has 0 fully saturated rings. The van der Waals surface area contributed by atoms with Gasteiger partial charge in [-0.1, -0.05) is 11.6 Å². The van der Waals surface area contributed by atoms with Gasteiger partial charge in [0.05, 0.1) is 27.9 Å². The summed E-state index contributed by atoms with van der Waals surface area (Å²) in [5, 5.41) is 14.6. The number of anilines is 1. The summed E-state index contributed by atoms with van der Waals surface area (Å²) in [6.45, 7) is 0. The first-order chi connectivity index (χ1) is 9.65. The molecule has 1 N–H and O–H groups in total. The van der Waals surface area contributed by atoms with Crippen LogP contribution in [0.5, 0.6) is 0 Å². The molecule has 1 aromatic heterocycles. The number of aryl methyl sites for hydroxylation is 1. The average Bonchev–Trinajstić information content (AvgIpc) is 2.90. The molecule has 0 spiro atoms. The number of hydrogen-bond acceptors (Lipinski definition) is 4. The standard InChI is InChI=1S/C14H13ClN2O3/c15-11-5-4-9(17(18)19)8-13(11)16-12-2-1-3-14-10(12)6-7-20-14/h4-8,12,16H,1-3H2. The summed E-state index contributed by atoms with van der Waals surface area (Å²) >= 11 is 6.11. The molecule has 3 rings (SSSR count). The molecule has 1 aromatic carbocycles. The highest BCUT2D eigenvalue weighted by molar-refractivity contribution is 6.33. The molecule has 0 saturated heterocycles. The van der Waals surface area contributed by atoms with Gasteiger partial charge in [-0.3, -0.25) is 10.1 Å². The summed E-state index contributed by atoms with van der Waals surface area (Å²) in [6, 6.07) is 6.43. The van der Waals surface area contributed by atoms with Gasteiger partial charge in [0.15, 0.2) is 0 Å². The van der Waals surface area contributed by atoms with E-state index in [1.807, 2.05) is 6.07 Å². The Morgan fingerprint density at radius 3 is 3.05 bits per heavy atom. The summed E-state index contributed by atoms with van der Waals surface area (Å²) in [7, 11) is 0. The topological polar surface area (TPSA) is 68.3 Å². The summed E-state index contributed by atoms with van der Waals surface area (Å²) in [5.74, 6) is 0.982. The molecule has 20 heavy (non-hydrogen) atoms. The lowest BCUT2D eigenvalue weighted by molar-refractivity contribution is -0.384. The number of nitro groups is 1. The number of furan rings is 1. The van der Waals surface area contributed by atoms with Crippen LogP contribution in [0, 0.1) is 10.1 Å². The van der Waals surface area contributed by atoms with E-state index in [2.05, 4.69) is 5.32 Å². The van der Waals surface area contributed by atoms with E-state index in [-0.39, 0.29) is 11.7 Å². The minimum absolute atomic E-state index is 0.0279. The molecule has 0 bridgehead atoms. The van der Waals surface area contributed by atoms with Crippen LogP contribution in [0.2, 0.25) is 5.02 Å². The highest BCUT2D eigenvalue weighted by atomic mass is 35.5. The Hall–Kier alpha value is -2.01. The molecule has 6 heteroatoms. The van der Waals surface area contributed by atoms with Crippen LogP contribution in [-0.4, -0.2) is 4.92 Å². The van der Waals surface area contributed by atoms with Crippen molar-refractivity contribution in [3.63, 3.8) is 0 Å². The molecule has 104 valence electrons. The lowest BCUT2D eigenvalue weighted by atomic mass is 9.93. The predicted molar refractivity (Wildman–Crippen MR) is 76.1 cm³/mol. The lowest BCUT2D eigenvalue weighted by Crippen LogP contribution is -2.16. The van der Waals surface area contributed by atoms with Crippen LogP contribution in [0.3, 0.4) is 0 Å². The fourth-order valence-corrected chi connectivity index (χ4v) is 2.73. The maximum absolute atomic E-state index is 10.8. The highest BCUT2D eigenvalue weighted by Gasteiger charge is 2.23. The van der Waals surface area contributed by atoms with Crippen molar-refractivity contribution < 1.29 is 9.34 Å². The Kier molecular flexibility index (Phi) is 3.36. The van der Waals surface area contributed by atoms with E-state index < -0.39 is 4.92 Å². The Labute approximate surface area is 120 Å². The van der Waals surface area contributed by atoms with Crippen molar-refractivity contribution >= 4 is 23.0 Å². The zero-order chi connectivity index (χ0) is 14.1. The van der Waals surface area contributed by atoms with Crippen LogP contribution in [-0.2, 0) is 6.42 Å². The molecule has 1 heterocycles. The number of benzene rings is 1. The van der Waals surface area contributed by atoms with Crippen molar-refractivity contribution in [1.82, 2.24) is 0 Å². The highest BCUT2D eigenvalue weighted by Crippen LogP contribution is 2.36. The molecule has 1 atom stereocenters. The van der Waals surface area contributed by atoms with Gasteiger partial charge in [0.1, 0.15) is 5.76 Å². The van der Waals surface area contributed by atoms with Crippen molar-refractivity contribution in [3.05, 3.63) is 57.0 Å². The van der Waals surface area contributed by atoms with Crippen LogP contribution >= 0.6 is 11.6 Å². The largest absolute Gasteiger partial charge is 0.469 e. The molecular weight excluding hydrogens is 280 g/mol. The van der Waals surface area contributed by atoms with Crippen molar-refractivity contribution in [2.75, 3.05) is 5.32 Å². The van der Waals surface area contributed by atoms with Gasteiger partial charge in [0.2, 0.25) is 0 Å². The SMILES string of the molecule is O=[N+]([O-])c1ccc(Cl)c(NC2CCCc3occc32)c1. The molecule has 1 aliphatic carbocycles. The summed E-state index contributed by atoms with van der Waals surface area (Å²) in [5.41, 5.74) is 1.72. The van der Waals surface area contributed by atoms with Gasteiger partial charge < -0.3 is 9.73 Å². The number of nitrogens with zero attached hydrogens (tertiary/aromatic N) is 1. The number of halogens is 1. The first-order valence-corrected chi connectivity index (χ1v) is 6.79. The third-order valence-electron chi connectivity index (χ3n) is 3.54. The minimum Gasteiger partial charge on any atom is -0.469 e. The second kappa shape index (κ2) is 5.17. The van der Waals surface area contributed by atoms with Gasteiger partial charge in [-0.25, -0.2) is 0 Å². The Balaban J connectivity index is 1.89. The van der Waals surface area contributed by atoms with E-state index in [4.69, 9.17) is 16.0 Å². The molecular formula is C14H13ClN2O3. The Bertz CT molecular complexity index is 654. The van der Waals surface area contributed by atoms with Crippen molar-refractivity contribution in [3.8, 4) is 0 Å². The molecule has 0 amide bonds. The third-order valence-corrected chi connectivity index (χ3v) is 3.87. The first-order valence-electron chi connectivity index (χ1n) is 6.42. The second-order valence-electron chi connectivity index (χ2n) is 4.81. The van der Waals surface area contributed by atoms with Crippen molar-refractivity contribution in [1.29, 1.82) is 0 Å². The fraction of sp³-hybridized carbons (Fsp3) is 0.286. The maximum atomic E-state index is 10.8. The van der Waals surface area contributed by atoms with Crippen LogP contribution < -0.4 is 5.32 Å². The second-order valence-corrected chi connectivity index (χ2v) is 5.22. The van der Waals surface area contributed by atoms with Gasteiger partial charge >= 0.3 is 0 Å². The molecule has 1 aliphatic rings. The summed E-state index contributed by atoms with van der Waals surface area (Å²) in [6.07, 6.45) is 4.58. The lowest BCUT2D eigenvalue weighted by Gasteiger charge is -2.24. The van der Waals surface area contributed by atoms with Gasteiger partial charge in [-0.2, -0.15) is 0 Å². The van der Waals surface area contributed by atoms with Crippen molar-refractivity contribution in [2.24, 2.45) is 0 Å². The first kappa shape index (κ1) is 13.0. The quantitative estimate of drug-likeness (QED) is 0.675. The molecule has 0 radical (unpaired) electrons. The molecule has 1 unspecified atom stereocenters. The zero-order valence-electron chi connectivity index (χ0n) is 10.6. The van der Waals surface area contributed by atoms with Gasteiger partial charge in [-0.15, -0.1) is 0 Å². The van der Waals surface area contributed by atoms with E-state index in [1.165, 1.54) is 12.1 Å². The third kappa shape index (κ3) is 2.36. The maximum Gasteiger partial charge on any atom is 0.271 e. The molecule has 2 aromatic rings. The smallest absolute Gasteiger partial charge is 0.271 e. The van der Waals surface area contributed by atoms with Crippen LogP contribution in [0.4, 0.5) is 11.4 Å². The van der Waals surface area contributed by atoms with Gasteiger partial charge in [0.25, 0.3) is 5.69 Å².